The summed E-state index contributed by atoms with van der Waals surface area (Å²) in [4.78, 5) is 1.80. The monoisotopic (exact) mass is 323 g/mol. The summed E-state index contributed by atoms with van der Waals surface area (Å²) in [6.45, 7) is 2.49. The quantitative estimate of drug-likeness (QED) is 0.867. The van der Waals surface area contributed by atoms with Gasteiger partial charge in [-0.25, -0.2) is 0 Å². The number of furan rings is 1. The van der Waals surface area contributed by atoms with Gasteiger partial charge in [-0.2, -0.15) is 13.2 Å². The minimum absolute atomic E-state index is 0.0953. The maximum atomic E-state index is 12.9. The molecule has 1 aromatic carbocycles. The first-order valence-electron chi connectivity index (χ1n) is 7.37. The molecule has 122 valence electrons. The van der Waals surface area contributed by atoms with Crippen LogP contribution in [0.4, 0.5) is 19.1 Å². The molecule has 0 amide bonds. The number of hydrogen-bond donors (Lipinski definition) is 1. The molecule has 0 fully saturated rings. The van der Waals surface area contributed by atoms with Crippen LogP contribution in [0.25, 0.3) is 11.1 Å². The molecular weight excluding hydrogens is 307 g/mol. The van der Waals surface area contributed by atoms with E-state index in [-0.39, 0.29) is 11.3 Å². The van der Waals surface area contributed by atoms with Gasteiger partial charge in [0.25, 0.3) is 0 Å². The summed E-state index contributed by atoms with van der Waals surface area (Å²) in [6.07, 6.45) is 0.604. The molecule has 0 spiro atoms. The Hall–Kier alpha value is -2.37. The molecule has 0 unspecified atom stereocenters. The van der Waals surface area contributed by atoms with Crippen LogP contribution in [0.15, 0.2) is 41.0 Å². The van der Waals surface area contributed by atoms with E-state index in [1.807, 2.05) is 19.2 Å². The van der Waals surface area contributed by atoms with E-state index in [1.165, 1.54) is 6.07 Å². The summed E-state index contributed by atoms with van der Waals surface area (Å²) in [5.41, 5.74) is -0.160. The highest BCUT2D eigenvalue weighted by Crippen LogP contribution is 2.45. The lowest BCUT2D eigenvalue weighted by Crippen LogP contribution is -2.12. The van der Waals surface area contributed by atoms with Crippen molar-refractivity contribution in [3.63, 3.8) is 0 Å². The average Bonchev–Trinajstić information content (AvgIpc) is 3.14. The lowest BCUT2D eigenvalue weighted by atomic mass is 10.0. The van der Waals surface area contributed by atoms with E-state index in [1.54, 1.807) is 11.0 Å². The van der Waals surface area contributed by atoms with Crippen molar-refractivity contribution in [1.82, 2.24) is 0 Å². The molecule has 0 bridgehead atoms. The molecule has 0 saturated carbocycles. The Morgan fingerprint density at radius 1 is 1.30 bits per heavy atom. The molecule has 1 aliphatic heterocycles. The number of benzene rings is 1. The van der Waals surface area contributed by atoms with Gasteiger partial charge in [-0.15, -0.1) is 0 Å². The van der Waals surface area contributed by atoms with Crippen molar-refractivity contribution in [1.29, 1.82) is 0 Å². The van der Waals surface area contributed by atoms with Crippen LogP contribution in [0, 0.1) is 0 Å². The van der Waals surface area contributed by atoms with E-state index < -0.39 is 11.7 Å². The topological polar surface area (TPSA) is 36.6 Å². The number of aryl methyl sites for hydroxylation is 1. The predicted molar refractivity (Wildman–Crippen MR) is 81.3 cm³/mol. The molecule has 1 aromatic heterocycles. The highest BCUT2D eigenvalue weighted by atomic mass is 19.4. The third-order valence-corrected chi connectivity index (χ3v) is 3.82. The molecule has 0 radical (unpaired) electrons. The van der Waals surface area contributed by atoms with Crippen LogP contribution in [-0.4, -0.2) is 11.7 Å². The molecule has 1 aliphatic rings. The van der Waals surface area contributed by atoms with Crippen LogP contribution in [-0.2, 0) is 12.6 Å². The Labute approximate surface area is 131 Å². The first-order chi connectivity index (χ1) is 10.9. The molecule has 0 aliphatic carbocycles. The SMILES string of the molecule is CCc1oc(N2C=CCC2)c(-c2cccc(C(F)(F)F)c2)c1O. The Bertz CT molecular complexity index is 747. The second kappa shape index (κ2) is 5.68. The van der Waals surface area contributed by atoms with E-state index in [9.17, 15) is 18.3 Å². The maximum Gasteiger partial charge on any atom is 0.416 e. The summed E-state index contributed by atoms with van der Waals surface area (Å²) in [7, 11) is 0. The smallest absolute Gasteiger partial charge is 0.416 e. The highest BCUT2D eigenvalue weighted by Gasteiger charge is 2.32. The van der Waals surface area contributed by atoms with Crippen molar-refractivity contribution >= 4 is 5.88 Å². The Balaban J connectivity index is 2.15. The van der Waals surface area contributed by atoms with E-state index in [0.29, 0.717) is 30.2 Å². The first kappa shape index (κ1) is 15.5. The van der Waals surface area contributed by atoms with Crippen LogP contribution in [0.3, 0.4) is 0 Å². The van der Waals surface area contributed by atoms with Gasteiger partial charge in [0.15, 0.2) is 5.75 Å². The second-order valence-corrected chi connectivity index (χ2v) is 5.35. The van der Waals surface area contributed by atoms with Gasteiger partial charge in [-0.05, 0) is 24.1 Å². The van der Waals surface area contributed by atoms with Gasteiger partial charge < -0.3 is 14.4 Å². The molecule has 2 aromatic rings. The standard InChI is InChI=1S/C17H16F3NO2/c1-2-13-15(22)14(16(23-13)21-8-3-4-9-21)11-6-5-7-12(10-11)17(18,19)20/h3,5-8,10,22H,2,4,9H2,1H3. The van der Waals surface area contributed by atoms with Crippen LogP contribution >= 0.6 is 0 Å². The van der Waals surface area contributed by atoms with E-state index in [0.717, 1.165) is 18.6 Å². The second-order valence-electron chi connectivity index (χ2n) is 5.35. The highest BCUT2D eigenvalue weighted by molar-refractivity contribution is 5.83. The van der Waals surface area contributed by atoms with Crippen molar-refractivity contribution in [2.75, 3.05) is 11.4 Å². The number of alkyl halides is 3. The summed E-state index contributed by atoms with van der Waals surface area (Å²) >= 11 is 0. The van der Waals surface area contributed by atoms with Gasteiger partial charge in [-0.3, -0.25) is 0 Å². The molecular formula is C17H16F3NO2. The number of anilines is 1. The van der Waals surface area contributed by atoms with Crippen LogP contribution in [0.1, 0.15) is 24.7 Å². The third-order valence-electron chi connectivity index (χ3n) is 3.82. The molecule has 23 heavy (non-hydrogen) atoms. The summed E-state index contributed by atoms with van der Waals surface area (Å²) < 4.78 is 44.6. The van der Waals surface area contributed by atoms with Crippen molar-refractivity contribution in [2.24, 2.45) is 0 Å². The number of halogens is 3. The van der Waals surface area contributed by atoms with Gasteiger partial charge in [0.2, 0.25) is 5.88 Å². The molecule has 0 atom stereocenters. The normalized spacial score (nSPS) is 14.7. The lowest BCUT2D eigenvalue weighted by molar-refractivity contribution is -0.137. The molecule has 1 N–H and O–H groups in total. The maximum absolute atomic E-state index is 12.9. The minimum atomic E-state index is -4.43. The van der Waals surface area contributed by atoms with Gasteiger partial charge >= 0.3 is 6.18 Å². The van der Waals surface area contributed by atoms with Crippen LogP contribution < -0.4 is 4.90 Å². The zero-order valence-corrected chi connectivity index (χ0v) is 12.5. The Morgan fingerprint density at radius 3 is 2.70 bits per heavy atom. The molecule has 3 nitrogen and oxygen atoms in total. The minimum Gasteiger partial charge on any atom is -0.504 e. The summed E-state index contributed by atoms with van der Waals surface area (Å²) in [5.74, 6) is 0.655. The molecule has 3 rings (SSSR count). The Kier molecular flexibility index (Phi) is 3.83. The number of hydrogen-bond acceptors (Lipinski definition) is 3. The largest absolute Gasteiger partial charge is 0.504 e. The number of aromatic hydroxyl groups is 1. The van der Waals surface area contributed by atoms with Crippen LogP contribution in [0.2, 0.25) is 0 Å². The van der Waals surface area contributed by atoms with Gasteiger partial charge in [0.1, 0.15) is 5.76 Å². The van der Waals surface area contributed by atoms with Gasteiger partial charge in [0, 0.05) is 19.2 Å². The first-order valence-corrected chi connectivity index (χ1v) is 7.37. The van der Waals surface area contributed by atoms with Gasteiger partial charge in [0.05, 0.1) is 11.1 Å². The third kappa shape index (κ3) is 2.81. The average molecular weight is 323 g/mol. The van der Waals surface area contributed by atoms with Crippen molar-refractivity contribution in [3.05, 3.63) is 47.9 Å². The fourth-order valence-electron chi connectivity index (χ4n) is 2.67. The lowest BCUT2D eigenvalue weighted by Gasteiger charge is -2.15. The van der Waals surface area contributed by atoms with E-state index in [4.69, 9.17) is 4.42 Å². The van der Waals surface area contributed by atoms with Crippen molar-refractivity contribution in [3.8, 4) is 16.9 Å². The Morgan fingerprint density at radius 2 is 2.09 bits per heavy atom. The molecule has 0 saturated heterocycles. The fourth-order valence-corrected chi connectivity index (χ4v) is 2.67. The van der Waals surface area contributed by atoms with Crippen molar-refractivity contribution in [2.45, 2.75) is 25.9 Å². The summed E-state index contributed by atoms with van der Waals surface area (Å²) in [6, 6.07) is 4.92. The summed E-state index contributed by atoms with van der Waals surface area (Å²) in [5, 5.41) is 10.4. The predicted octanol–water partition coefficient (Wildman–Crippen LogP) is 4.96. The van der Waals surface area contributed by atoms with E-state index in [2.05, 4.69) is 0 Å². The number of rotatable bonds is 3. The van der Waals surface area contributed by atoms with E-state index >= 15 is 0 Å². The molecule has 6 heteroatoms. The zero-order valence-electron chi connectivity index (χ0n) is 12.5. The van der Waals surface area contributed by atoms with Crippen molar-refractivity contribution < 1.29 is 22.7 Å². The fraction of sp³-hybridized carbons (Fsp3) is 0.294. The molecule has 2 heterocycles. The number of nitrogens with zero attached hydrogens (tertiary/aromatic N) is 1. The zero-order chi connectivity index (χ0) is 16.6. The van der Waals surface area contributed by atoms with Crippen LogP contribution in [0.5, 0.6) is 5.75 Å². The van der Waals surface area contributed by atoms with Gasteiger partial charge in [-0.1, -0.05) is 25.1 Å².